The molecule has 1 saturated heterocycles. The molecule has 3 aromatic rings. The first kappa shape index (κ1) is 24.8. The molecule has 1 atom stereocenters. The molecule has 0 spiro atoms. The Kier molecular flexibility index (Phi) is 6.67. The minimum atomic E-state index is -4.85. The zero-order valence-corrected chi connectivity index (χ0v) is 19.4. The van der Waals surface area contributed by atoms with Crippen LogP contribution in [0.25, 0.3) is 0 Å². The second kappa shape index (κ2) is 9.40. The van der Waals surface area contributed by atoms with Crippen LogP contribution >= 0.6 is 11.6 Å². The van der Waals surface area contributed by atoms with Gasteiger partial charge in [-0.15, -0.1) is 13.2 Å². The second-order valence-electron chi connectivity index (χ2n) is 7.75. The Morgan fingerprint density at radius 3 is 2.34 bits per heavy atom. The van der Waals surface area contributed by atoms with E-state index in [1.165, 1.54) is 47.4 Å². The summed E-state index contributed by atoms with van der Waals surface area (Å²) in [5, 5.41) is 5.46. The molecule has 0 radical (unpaired) electrons. The van der Waals surface area contributed by atoms with E-state index in [1.54, 1.807) is 12.1 Å². The van der Waals surface area contributed by atoms with E-state index in [0.29, 0.717) is 16.3 Å². The van der Waals surface area contributed by atoms with Gasteiger partial charge in [-0.2, -0.15) is 0 Å². The van der Waals surface area contributed by atoms with E-state index < -0.39 is 22.1 Å². The number of halogens is 4. The van der Waals surface area contributed by atoms with Gasteiger partial charge in [-0.25, -0.2) is 13.6 Å². The molecule has 35 heavy (non-hydrogen) atoms. The van der Waals surface area contributed by atoms with Crippen LogP contribution in [0.1, 0.15) is 17.9 Å². The van der Waals surface area contributed by atoms with Crippen molar-refractivity contribution in [2.75, 3.05) is 11.4 Å². The highest BCUT2D eigenvalue weighted by Crippen LogP contribution is 2.40. The van der Waals surface area contributed by atoms with Crippen LogP contribution in [0.5, 0.6) is 17.2 Å². The van der Waals surface area contributed by atoms with Crippen molar-refractivity contribution in [2.45, 2.75) is 23.6 Å². The van der Waals surface area contributed by atoms with Crippen molar-refractivity contribution in [2.24, 2.45) is 5.14 Å². The van der Waals surface area contributed by atoms with Gasteiger partial charge in [-0.3, -0.25) is 4.79 Å². The molecule has 1 amide bonds. The van der Waals surface area contributed by atoms with E-state index in [2.05, 4.69) is 4.74 Å². The van der Waals surface area contributed by atoms with Crippen LogP contribution in [0.2, 0.25) is 5.02 Å². The molecular weight excluding hydrogens is 509 g/mol. The number of benzene rings is 3. The Morgan fingerprint density at radius 2 is 1.69 bits per heavy atom. The van der Waals surface area contributed by atoms with Crippen molar-refractivity contribution in [3.8, 4) is 17.2 Å². The van der Waals surface area contributed by atoms with Gasteiger partial charge in [-0.05, 0) is 48.5 Å². The Balaban J connectivity index is 1.58. The lowest BCUT2D eigenvalue weighted by atomic mass is 9.97. The molecule has 4 rings (SSSR count). The molecule has 1 unspecified atom stereocenters. The molecule has 1 aliphatic heterocycles. The number of primary sulfonamides is 1. The average Bonchev–Trinajstić information content (AvgIpc) is 3.13. The average molecular weight is 527 g/mol. The first-order chi connectivity index (χ1) is 16.4. The van der Waals surface area contributed by atoms with Crippen LogP contribution in [0, 0.1) is 0 Å². The van der Waals surface area contributed by atoms with Crippen molar-refractivity contribution in [1.82, 2.24) is 0 Å². The number of hydrogen-bond acceptors (Lipinski definition) is 5. The topological polar surface area (TPSA) is 98.9 Å². The zero-order valence-electron chi connectivity index (χ0n) is 17.8. The minimum Gasteiger partial charge on any atom is -0.457 e. The highest BCUT2D eigenvalue weighted by molar-refractivity contribution is 7.89. The maximum Gasteiger partial charge on any atom is 0.573 e. The Bertz CT molecular complexity index is 1360. The van der Waals surface area contributed by atoms with Crippen LogP contribution in [0.4, 0.5) is 18.9 Å². The van der Waals surface area contributed by atoms with Gasteiger partial charge in [0.25, 0.3) is 0 Å². The van der Waals surface area contributed by atoms with E-state index in [1.807, 2.05) is 0 Å². The lowest BCUT2D eigenvalue weighted by molar-refractivity contribution is -0.274. The molecular formula is C23H18ClF3N2O5S. The summed E-state index contributed by atoms with van der Waals surface area (Å²) in [7, 11) is -3.87. The van der Waals surface area contributed by atoms with Gasteiger partial charge in [-0.1, -0.05) is 23.7 Å². The first-order valence-electron chi connectivity index (χ1n) is 10.2. The fourth-order valence-electron chi connectivity index (χ4n) is 3.78. The van der Waals surface area contributed by atoms with E-state index in [4.69, 9.17) is 21.5 Å². The van der Waals surface area contributed by atoms with Crippen molar-refractivity contribution >= 4 is 33.2 Å². The number of carbonyl (C=O) groups is 1. The van der Waals surface area contributed by atoms with Gasteiger partial charge in [0.05, 0.1) is 4.90 Å². The van der Waals surface area contributed by atoms with E-state index >= 15 is 0 Å². The smallest absolute Gasteiger partial charge is 0.457 e. The highest BCUT2D eigenvalue weighted by atomic mass is 35.5. The summed E-state index contributed by atoms with van der Waals surface area (Å²) in [5.41, 5.74) is 1.13. The number of nitrogens with two attached hydrogens (primary N) is 1. The number of rotatable bonds is 6. The van der Waals surface area contributed by atoms with Gasteiger partial charge in [0.1, 0.15) is 17.2 Å². The maximum absolute atomic E-state index is 12.7. The number of alkyl halides is 3. The third kappa shape index (κ3) is 6.05. The van der Waals surface area contributed by atoms with Crippen molar-refractivity contribution in [3.63, 3.8) is 0 Å². The fourth-order valence-corrected chi connectivity index (χ4v) is 4.45. The Morgan fingerprint density at radius 1 is 1.00 bits per heavy atom. The molecule has 0 saturated carbocycles. The molecule has 3 aromatic carbocycles. The number of hydrogen-bond donors (Lipinski definition) is 1. The second-order valence-corrected chi connectivity index (χ2v) is 9.75. The lowest BCUT2D eigenvalue weighted by Crippen LogP contribution is -2.24. The molecule has 12 heteroatoms. The summed E-state index contributed by atoms with van der Waals surface area (Å²) in [4.78, 5) is 14.2. The normalized spacial score (nSPS) is 16.4. The number of carbonyl (C=O) groups excluding carboxylic acids is 1. The molecule has 2 N–H and O–H groups in total. The van der Waals surface area contributed by atoms with Crippen LogP contribution in [-0.2, 0) is 14.8 Å². The van der Waals surface area contributed by atoms with Crippen LogP contribution < -0.4 is 19.5 Å². The standard InChI is InChI=1S/C23H18ClF3N2O5S/c24-15-4-9-20(21(11-15)33-17-2-1-3-18(12-17)34-23(25,26)27)14-10-22(30)29(13-14)16-5-7-19(8-6-16)35(28,31)32/h1-9,11-12,14H,10,13H2,(H2,28,31,32). The van der Waals surface area contributed by atoms with Crippen LogP contribution in [0.3, 0.4) is 0 Å². The van der Waals surface area contributed by atoms with Gasteiger partial charge in [0, 0.05) is 41.2 Å². The predicted octanol–water partition coefficient (Wildman–Crippen LogP) is 5.20. The number of anilines is 1. The lowest BCUT2D eigenvalue weighted by Gasteiger charge is -2.19. The first-order valence-corrected chi connectivity index (χ1v) is 12.1. The molecule has 0 aliphatic carbocycles. The Labute approximate surface area is 203 Å². The van der Waals surface area contributed by atoms with Gasteiger partial charge >= 0.3 is 6.36 Å². The number of nitrogens with zero attached hydrogens (tertiary/aromatic N) is 1. The molecule has 1 aliphatic rings. The molecule has 1 heterocycles. The summed E-state index contributed by atoms with van der Waals surface area (Å²) in [6, 6.07) is 15.5. The van der Waals surface area contributed by atoms with Gasteiger partial charge < -0.3 is 14.4 Å². The van der Waals surface area contributed by atoms with E-state index in [-0.39, 0.29) is 41.2 Å². The van der Waals surface area contributed by atoms with E-state index in [0.717, 1.165) is 12.1 Å². The quantitative estimate of drug-likeness (QED) is 0.476. The van der Waals surface area contributed by atoms with Crippen molar-refractivity contribution < 1.29 is 35.9 Å². The van der Waals surface area contributed by atoms with Crippen LogP contribution in [-0.4, -0.2) is 27.2 Å². The summed E-state index contributed by atoms with van der Waals surface area (Å²) in [6.07, 6.45) is -4.72. The monoisotopic (exact) mass is 526 g/mol. The number of sulfonamides is 1. The Hall–Kier alpha value is -3.28. The van der Waals surface area contributed by atoms with Gasteiger partial charge in [0.15, 0.2) is 0 Å². The summed E-state index contributed by atoms with van der Waals surface area (Å²) in [5.74, 6) is -0.577. The largest absolute Gasteiger partial charge is 0.573 e. The van der Waals surface area contributed by atoms with Crippen LogP contribution in [0.15, 0.2) is 71.6 Å². The zero-order chi connectivity index (χ0) is 25.4. The third-order valence-electron chi connectivity index (χ3n) is 5.28. The highest BCUT2D eigenvalue weighted by Gasteiger charge is 2.34. The molecule has 1 fully saturated rings. The fraction of sp³-hybridized carbons (Fsp3) is 0.174. The number of ether oxygens (including phenoxy) is 2. The summed E-state index contributed by atoms with van der Waals surface area (Å²) >= 11 is 6.12. The minimum absolute atomic E-state index is 0.0745. The van der Waals surface area contributed by atoms with Crippen molar-refractivity contribution in [3.05, 3.63) is 77.3 Å². The van der Waals surface area contributed by atoms with Gasteiger partial charge in [0.2, 0.25) is 15.9 Å². The summed E-state index contributed by atoms with van der Waals surface area (Å²) < 4.78 is 70.4. The molecule has 7 nitrogen and oxygen atoms in total. The number of amides is 1. The summed E-state index contributed by atoms with van der Waals surface area (Å²) in [6.45, 7) is 0.267. The predicted molar refractivity (Wildman–Crippen MR) is 122 cm³/mol. The molecule has 0 bridgehead atoms. The van der Waals surface area contributed by atoms with E-state index in [9.17, 15) is 26.4 Å². The SMILES string of the molecule is NS(=O)(=O)c1ccc(N2CC(c3ccc(Cl)cc3Oc3cccc(OC(F)(F)F)c3)CC2=O)cc1. The maximum atomic E-state index is 12.7. The van der Waals surface area contributed by atoms with Crippen molar-refractivity contribution in [1.29, 1.82) is 0 Å². The molecule has 0 aromatic heterocycles. The molecule has 184 valence electrons. The third-order valence-corrected chi connectivity index (χ3v) is 6.45.